The summed E-state index contributed by atoms with van der Waals surface area (Å²) in [7, 11) is 10.3. The maximum atomic E-state index is 5.14. The highest BCUT2D eigenvalue weighted by molar-refractivity contribution is 6.08. The molecule has 0 N–H and O–H groups in total. The van der Waals surface area contributed by atoms with Crippen LogP contribution in [-0.4, -0.2) is 35.7 Å². The zero-order valence-electron chi connectivity index (χ0n) is 5.51. The van der Waals surface area contributed by atoms with Gasteiger partial charge in [0.25, 0.3) is 0 Å². The van der Waals surface area contributed by atoms with Crippen molar-refractivity contribution in [3.63, 3.8) is 0 Å². The Labute approximate surface area is 58.7 Å². The molecule has 9 heavy (non-hydrogen) atoms. The molecule has 0 aliphatic heterocycles. The van der Waals surface area contributed by atoms with E-state index in [0.717, 1.165) is 0 Å². The van der Waals surface area contributed by atoms with Crippen LogP contribution in [0.1, 0.15) is 0 Å². The third kappa shape index (κ3) is 8.05. The highest BCUT2D eigenvalue weighted by atomic mass is 16.7. The number of ether oxygens (including phenoxy) is 2. The van der Waals surface area contributed by atoms with Gasteiger partial charge < -0.3 is 9.47 Å². The summed E-state index contributed by atoms with van der Waals surface area (Å²) < 4.78 is 9.76. The van der Waals surface area contributed by atoms with E-state index < -0.39 is 0 Å². The Hall–Kier alpha value is 0.0499. The first-order chi connectivity index (χ1) is 4.41. The second-order valence-electron chi connectivity index (χ2n) is 1.51. The van der Waals surface area contributed by atoms with Crippen LogP contribution in [0.25, 0.3) is 0 Å². The SMILES string of the molecule is [B]CCOCOCC[B]. The monoisotopic (exact) mass is 124 g/mol. The summed E-state index contributed by atoms with van der Waals surface area (Å²) >= 11 is 0. The molecule has 0 aliphatic carbocycles. The van der Waals surface area contributed by atoms with E-state index in [1.807, 2.05) is 0 Å². The van der Waals surface area contributed by atoms with Crippen molar-refractivity contribution in [2.24, 2.45) is 0 Å². The lowest BCUT2D eigenvalue weighted by atomic mass is 10.1. The van der Waals surface area contributed by atoms with Crippen LogP contribution in [0.15, 0.2) is 0 Å². The van der Waals surface area contributed by atoms with Gasteiger partial charge in [0.1, 0.15) is 6.79 Å². The van der Waals surface area contributed by atoms with E-state index in [9.17, 15) is 0 Å². The van der Waals surface area contributed by atoms with Crippen molar-refractivity contribution in [3.05, 3.63) is 0 Å². The fourth-order valence-electron chi connectivity index (χ4n) is 0.343. The Bertz CT molecular complexity index is 46.2. The van der Waals surface area contributed by atoms with Crippen molar-refractivity contribution in [1.29, 1.82) is 0 Å². The highest BCUT2D eigenvalue weighted by Gasteiger charge is 1.83. The van der Waals surface area contributed by atoms with Gasteiger partial charge in [-0.25, -0.2) is 0 Å². The van der Waals surface area contributed by atoms with E-state index in [2.05, 4.69) is 0 Å². The summed E-state index contributed by atoms with van der Waals surface area (Å²) in [5.41, 5.74) is 0. The average Bonchev–Trinajstić information content (AvgIpc) is 1.89. The molecule has 0 spiro atoms. The van der Waals surface area contributed by atoms with Crippen LogP contribution in [0.2, 0.25) is 12.6 Å². The first-order valence-corrected chi connectivity index (χ1v) is 2.97. The van der Waals surface area contributed by atoms with E-state index in [0.29, 0.717) is 32.6 Å². The molecule has 0 rings (SSSR count). The van der Waals surface area contributed by atoms with E-state index in [1.165, 1.54) is 0 Å². The molecule has 0 aromatic rings. The van der Waals surface area contributed by atoms with Crippen LogP contribution < -0.4 is 0 Å². The third-order valence-corrected chi connectivity index (χ3v) is 0.691. The van der Waals surface area contributed by atoms with Gasteiger partial charge in [-0.05, 0) is 0 Å². The van der Waals surface area contributed by atoms with Gasteiger partial charge in [-0.1, -0.05) is 12.6 Å². The number of hydrogen-bond donors (Lipinski definition) is 0. The van der Waals surface area contributed by atoms with Gasteiger partial charge in [-0.15, -0.1) is 0 Å². The molecule has 0 aromatic carbocycles. The van der Waals surface area contributed by atoms with Gasteiger partial charge in [0.2, 0.25) is 0 Å². The van der Waals surface area contributed by atoms with Crippen LogP contribution in [0.4, 0.5) is 0 Å². The van der Waals surface area contributed by atoms with Crippen LogP contribution in [0.5, 0.6) is 0 Å². The molecular formula is C5H10B2O2. The molecule has 0 fully saturated rings. The van der Waals surface area contributed by atoms with Gasteiger partial charge in [0, 0.05) is 13.2 Å². The fourth-order valence-corrected chi connectivity index (χ4v) is 0.343. The van der Waals surface area contributed by atoms with Crippen LogP contribution in [0.3, 0.4) is 0 Å². The highest BCUT2D eigenvalue weighted by Crippen LogP contribution is 1.81. The Balaban J connectivity index is 2.60. The van der Waals surface area contributed by atoms with E-state index >= 15 is 0 Å². The van der Waals surface area contributed by atoms with Crippen molar-refractivity contribution in [1.82, 2.24) is 0 Å². The van der Waals surface area contributed by atoms with Crippen molar-refractivity contribution in [2.45, 2.75) is 12.6 Å². The number of hydrogen-bond acceptors (Lipinski definition) is 2. The Morgan fingerprint density at radius 1 is 0.889 bits per heavy atom. The zero-order chi connectivity index (χ0) is 6.95. The summed E-state index contributed by atoms with van der Waals surface area (Å²) in [6, 6.07) is 0. The van der Waals surface area contributed by atoms with Crippen molar-refractivity contribution < 1.29 is 9.47 Å². The molecule has 4 heteroatoms. The first-order valence-electron chi connectivity index (χ1n) is 2.97. The zero-order valence-corrected chi connectivity index (χ0v) is 5.51. The Kier molecular flexibility index (Phi) is 8.09. The molecular weight excluding hydrogens is 114 g/mol. The second kappa shape index (κ2) is 8.05. The van der Waals surface area contributed by atoms with E-state index in [4.69, 9.17) is 25.2 Å². The first kappa shape index (κ1) is 9.05. The molecule has 0 amide bonds. The van der Waals surface area contributed by atoms with Gasteiger partial charge >= 0.3 is 0 Å². The standard InChI is InChI=1S/C5H10B2O2/c6-1-3-8-5-9-4-2-7/h1-5H2. The van der Waals surface area contributed by atoms with Crippen molar-refractivity contribution >= 4 is 15.7 Å². The third-order valence-electron chi connectivity index (χ3n) is 0.691. The lowest BCUT2D eigenvalue weighted by molar-refractivity contribution is -0.0442. The minimum absolute atomic E-state index is 0.300. The summed E-state index contributed by atoms with van der Waals surface area (Å²) in [5, 5.41) is 0. The van der Waals surface area contributed by atoms with Crippen LogP contribution in [0, 0.1) is 0 Å². The second-order valence-corrected chi connectivity index (χ2v) is 1.51. The predicted octanol–water partition coefficient (Wildman–Crippen LogP) is 0.151. The fraction of sp³-hybridized carbons (Fsp3) is 1.00. The Morgan fingerprint density at radius 2 is 1.33 bits per heavy atom. The molecule has 0 saturated carbocycles. The molecule has 0 aromatic heterocycles. The summed E-state index contributed by atoms with van der Waals surface area (Å²) in [4.78, 5) is 0. The Morgan fingerprint density at radius 3 is 1.67 bits per heavy atom. The van der Waals surface area contributed by atoms with E-state index in [1.54, 1.807) is 0 Å². The summed E-state index contributed by atoms with van der Waals surface area (Å²) in [5.74, 6) is 0. The number of rotatable bonds is 6. The molecule has 4 radical (unpaired) electrons. The quantitative estimate of drug-likeness (QED) is 0.285. The predicted molar refractivity (Wildman–Crippen MR) is 37.9 cm³/mol. The van der Waals surface area contributed by atoms with Crippen molar-refractivity contribution in [2.75, 3.05) is 20.0 Å². The lowest BCUT2D eigenvalue weighted by Crippen LogP contribution is -2.01. The topological polar surface area (TPSA) is 18.5 Å². The molecule has 2 nitrogen and oxygen atoms in total. The van der Waals surface area contributed by atoms with Crippen molar-refractivity contribution in [3.8, 4) is 0 Å². The molecule has 0 atom stereocenters. The van der Waals surface area contributed by atoms with Gasteiger partial charge in [-0.2, -0.15) is 0 Å². The average molecular weight is 124 g/mol. The molecule has 0 aliphatic rings. The summed E-state index contributed by atoms with van der Waals surface area (Å²) in [6.07, 6.45) is 1.07. The maximum Gasteiger partial charge on any atom is 0.146 e. The van der Waals surface area contributed by atoms with Crippen LogP contribution in [-0.2, 0) is 9.47 Å². The maximum absolute atomic E-state index is 5.14. The van der Waals surface area contributed by atoms with Gasteiger partial charge in [0.05, 0.1) is 15.7 Å². The normalized spacial score (nSPS) is 9.78. The summed E-state index contributed by atoms with van der Waals surface area (Å²) in [6.45, 7) is 1.39. The lowest BCUT2D eigenvalue weighted by Gasteiger charge is -2.01. The molecule has 0 saturated heterocycles. The molecule has 0 bridgehead atoms. The smallest absolute Gasteiger partial charge is 0.146 e. The van der Waals surface area contributed by atoms with E-state index in [-0.39, 0.29) is 0 Å². The molecule has 48 valence electrons. The van der Waals surface area contributed by atoms with Gasteiger partial charge in [0.15, 0.2) is 0 Å². The van der Waals surface area contributed by atoms with Crippen LogP contribution >= 0.6 is 0 Å². The van der Waals surface area contributed by atoms with Gasteiger partial charge in [-0.3, -0.25) is 0 Å². The molecule has 0 unspecified atom stereocenters. The minimum Gasteiger partial charge on any atom is -0.356 e. The molecule has 0 heterocycles. The largest absolute Gasteiger partial charge is 0.356 e. The minimum atomic E-state index is 0.300.